The van der Waals surface area contributed by atoms with Gasteiger partial charge in [0.2, 0.25) is 5.91 Å². The van der Waals surface area contributed by atoms with E-state index in [4.69, 9.17) is 27.9 Å². The maximum atomic E-state index is 12.2. The summed E-state index contributed by atoms with van der Waals surface area (Å²) >= 11 is 12.4. The molecule has 10 nitrogen and oxygen atoms in total. The third-order valence-electron chi connectivity index (χ3n) is 5.55. The molecule has 0 aliphatic carbocycles. The lowest BCUT2D eigenvalue weighted by molar-refractivity contribution is -0.111. The Kier molecular flexibility index (Phi) is 10.1. The molecule has 3 aromatic rings. The zero-order chi connectivity index (χ0) is 27.8. The standard InChI is InChI=1S/C26H31Cl2N7O3/c1-6-26(37)33-20-11-21(23(38-5)12-22(20)35(4)8-7-34(2)3)32-25-13-24(29-15-30-25)31-19-9-16(14-36)17(27)10-18(19)28/h6,9-13,15,36H,1,7-8,14H2,2-5H3,(H,33,37)(H2,29,30,31,32). The molecule has 0 fully saturated rings. The molecule has 2 aromatic carbocycles. The fraction of sp³-hybridized carbons (Fsp3) is 0.269. The van der Waals surface area contributed by atoms with Gasteiger partial charge >= 0.3 is 0 Å². The Morgan fingerprint density at radius 2 is 1.68 bits per heavy atom. The molecule has 202 valence electrons. The Balaban J connectivity index is 1.93. The minimum atomic E-state index is -0.334. The highest BCUT2D eigenvalue weighted by Gasteiger charge is 2.16. The Hall–Kier alpha value is -3.57. The van der Waals surface area contributed by atoms with Crippen LogP contribution in [0.15, 0.2) is 49.3 Å². The van der Waals surface area contributed by atoms with Crippen LogP contribution in [0.25, 0.3) is 0 Å². The van der Waals surface area contributed by atoms with E-state index in [-0.39, 0.29) is 12.5 Å². The zero-order valence-electron chi connectivity index (χ0n) is 21.7. The number of amides is 1. The number of rotatable bonds is 12. The molecule has 0 aliphatic heterocycles. The van der Waals surface area contributed by atoms with Crippen LogP contribution in [0.1, 0.15) is 5.56 Å². The number of benzene rings is 2. The number of aliphatic hydroxyl groups is 1. The highest BCUT2D eigenvalue weighted by molar-refractivity contribution is 6.36. The lowest BCUT2D eigenvalue weighted by Crippen LogP contribution is -2.29. The first kappa shape index (κ1) is 29.0. The molecule has 4 N–H and O–H groups in total. The van der Waals surface area contributed by atoms with Gasteiger partial charge in [0.1, 0.15) is 23.7 Å². The Morgan fingerprint density at radius 3 is 2.29 bits per heavy atom. The first-order chi connectivity index (χ1) is 18.1. The van der Waals surface area contributed by atoms with Gasteiger partial charge in [-0.1, -0.05) is 29.8 Å². The molecule has 3 rings (SSSR count). The molecule has 0 unspecified atom stereocenters. The third kappa shape index (κ3) is 7.48. The number of ether oxygens (including phenoxy) is 1. The summed E-state index contributed by atoms with van der Waals surface area (Å²) in [6, 6.07) is 8.52. The molecule has 0 bridgehead atoms. The van der Waals surface area contributed by atoms with Crippen molar-refractivity contribution >= 4 is 63.5 Å². The van der Waals surface area contributed by atoms with Gasteiger partial charge in [0.05, 0.1) is 41.5 Å². The quantitative estimate of drug-likeness (QED) is 0.230. The largest absolute Gasteiger partial charge is 0.494 e. The number of nitrogens with zero attached hydrogens (tertiary/aromatic N) is 4. The fourth-order valence-electron chi connectivity index (χ4n) is 3.49. The van der Waals surface area contributed by atoms with Crippen molar-refractivity contribution in [2.75, 3.05) is 62.2 Å². The number of likely N-dealkylation sites (N-methyl/N-ethyl adjacent to an activating group) is 2. The topological polar surface area (TPSA) is 115 Å². The van der Waals surface area contributed by atoms with Crippen LogP contribution in [0.3, 0.4) is 0 Å². The zero-order valence-corrected chi connectivity index (χ0v) is 23.2. The summed E-state index contributed by atoms with van der Waals surface area (Å²) in [4.78, 5) is 24.9. The Morgan fingerprint density at radius 1 is 1.00 bits per heavy atom. The number of hydrogen-bond donors (Lipinski definition) is 4. The summed E-state index contributed by atoms with van der Waals surface area (Å²) in [6.07, 6.45) is 2.60. The summed E-state index contributed by atoms with van der Waals surface area (Å²) in [7, 11) is 7.51. The van der Waals surface area contributed by atoms with Gasteiger partial charge in [-0.05, 0) is 43.9 Å². The summed E-state index contributed by atoms with van der Waals surface area (Å²) in [6.45, 7) is 4.87. The van der Waals surface area contributed by atoms with E-state index in [9.17, 15) is 9.90 Å². The van der Waals surface area contributed by atoms with E-state index in [0.29, 0.717) is 50.1 Å². The number of anilines is 6. The number of carbonyl (C=O) groups is 1. The summed E-state index contributed by atoms with van der Waals surface area (Å²) in [5.74, 6) is 1.13. The second kappa shape index (κ2) is 13.3. The highest BCUT2D eigenvalue weighted by Crippen LogP contribution is 2.38. The second-order valence-corrected chi connectivity index (χ2v) is 9.42. The molecule has 12 heteroatoms. The number of halogens is 2. The van der Waals surface area contributed by atoms with E-state index in [1.807, 2.05) is 32.1 Å². The molecular formula is C26H31Cl2N7O3. The average molecular weight is 560 g/mol. The molecule has 0 saturated heterocycles. The van der Waals surface area contributed by atoms with Gasteiger partial charge in [0, 0.05) is 37.3 Å². The van der Waals surface area contributed by atoms with Gasteiger partial charge in [-0.3, -0.25) is 4.79 Å². The molecule has 0 aliphatic rings. The predicted molar refractivity (Wildman–Crippen MR) is 155 cm³/mol. The first-order valence-electron chi connectivity index (χ1n) is 11.6. The number of aromatic nitrogens is 2. The van der Waals surface area contributed by atoms with Crippen molar-refractivity contribution in [3.63, 3.8) is 0 Å². The van der Waals surface area contributed by atoms with Crippen molar-refractivity contribution < 1.29 is 14.6 Å². The van der Waals surface area contributed by atoms with Crippen LogP contribution in [-0.2, 0) is 11.4 Å². The molecule has 1 heterocycles. The van der Waals surface area contributed by atoms with Gasteiger partial charge < -0.3 is 35.6 Å². The fourth-order valence-corrected chi connectivity index (χ4v) is 3.98. The number of nitrogens with one attached hydrogen (secondary N) is 3. The van der Waals surface area contributed by atoms with E-state index in [2.05, 4.69) is 37.4 Å². The van der Waals surface area contributed by atoms with Crippen LogP contribution in [0, 0.1) is 0 Å². The molecule has 0 spiro atoms. The minimum absolute atomic E-state index is 0.230. The highest BCUT2D eigenvalue weighted by atomic mass is 35.5. The lowest BCUT2D eigenvalue weighted by atomic mass is 10.2. The van der Waals surface area contributed by atoms with Crippen molar-refractivity contribution in [2.24, 2.45) is 0 Å². The molecule has 0 radical (unpaired) electrons. The number of aliphatic hydroxyl groups excluding tert-OH is 1. The van der Waals surface area contributed by atoms with Crippen LogP contribution < -0.4 is 25.6 Å². The van der Waals surface area contributed by atoms with Crippen molar-refractivity contribution in [3.05, 3.63) is 64.9 Å². The van der Waals surface area contributed by atoms with E-state index in [1.165, 1.54) is 12.4 Å². The maximum absolute atomic E-state index is 12.2. The summed E-state index contributed by atoms with van der Waals surface area (Å²) in [5, 5.41) is 19.5. The SMILES string of the molecule is C=CC(=O)Nc1cc(Nc2cc(Nc3cc(CO)c(Cl)cc3Cl)ncn2)c(OC)cc1N(C)CCN(C)C. The van der Waals surface area contributed by atoms with E-state index < -0.39 is 0 Å². The molecule has 0 saturated carbocycles. The molecule has 0 atom stereocenters. The van der Waals surface area contributed by atoms with Crippen molar-refractivity contribution in [2.45, 2.75) is 6.61 Å². The van der Waals surface area contributed by atoms with Crippen molar-refractivity contribution in [1.29, 1.82) is 0 Å². The van der Waals surface area contributed by atoms with Crippen LogP contribution in [0.2, 0.25) is 10.0 Å². The number of hydrogen-bond acceptors (Lipinski definition) is 9. The second-order valence-electron chi connectivity index (χ2n) is 8.61. The van der Waals surface area contributed by atoms with Gasteiger partial charge in [0.15, 0.2) is 0 Å². The normalized spacial score (nSPS) is 10.7. The van der Waals surface area contributed by atoms with E-state index in [1.54, 1.807) is 31.4 Å². The van der Waals surface area contributed by atoms with Gasteiger partial charge in [-0.2, -0.15) is 0 Å². The van der Waals surface area contributed by atoms with Crippen molar-refractivity contribution in [3.8, 4) is 5.75 Å². The number of carbonyl (C=O) groups excluding carboxylic acids is 1. The molecular weight excluding hydrogens is 529 g/mol. The van der Waals surface area contributed by atoms with Gasteiger partial charge in [-0.15, -0.1) is 0 Å². The smallest absolute Gasteiger partial charge is 0.247 e. The van der Waals surface area contributed by atoms with E-state index in [0.717, 1.165) is 18.8 Å². The molecule has 38 heavy (non-hydrogen) atoms. The summed E-state index contributed by atoms with van der Waals surface area (Å²) < 4.78 is 5.65. The molecule has 1 amide bonds. The van der Waals surface area contributed by atoms with E-state index >= 15 is 0 Å². The van der Waals surface area contributed by atoms with Crippen LogP contribution >= 0.6 is 23.2 Å². The Labute approximate surface area is 232 Å². The average Bonchev–Trinajstić information content (AvgIpc) is 2.89. The number of methoxy groups -OCH3 is 1. The predicted octanol–water partition coefficient (Wildman–Crippen LogP) is 4.89. The van der Waals surface area contributed by atoms with Crippen molar-refractivity contribution in [1.82, 2.24) is 14.9 Å². The molecule has 1 aromatic heterocycles. The summed E-state index contributed by atoms with van der Waals surface area (Å²) in [5.41, 5.74) is 3.00. The third-order valence-corrected chi connectivity index (χ3v) is 6.22. The lowest BCUT2D eigenvalue weighted by Gasteiger charge is -2.26. The first-order valence-corrected chi connectivity index (χ1v) is 12.4. The monoisotopic (exact) mass is 559 g/mol. The maximum Gasteiger partial charge on any atom is 0.247 e. The van der Waals surface area contributed by atoms with Gasteiger partial charge in [0.25, 0.3) is 0 Å². The Bertz CT molecular complexity index is 1300. The van der Waals surface area contributed by atoms with Gasteiger partial charge in [-0.25, -0.2) is 9.97 Å². The minimum Gasteiger partial charge on any atom is -0.494 e. The van der Waals surface area contributed by atoms with Crippen LogP contribution in [-0.4, -0.2) is 67.2 Å². The van der Waals surface area contributed by atoms with Crippen LogP contribution in [0.5, 0.6) is 5.75 Å². The van der Waals surface area contributed by atoms with Crippen LogP contribution in [0.4, 0.5) is 34.4 Å².